The summed E-state index contributed by atoms with van der Waals surface area (Å²) in [5, 5.41) is 2.88. The van der Waals surface area contributed by atoms with E-state index < -0.39 is 5.82 Å². The van der Waals surface area contributed by atoms with E-state index in [9.17, 15) is 4.39 Å². The Morgan fingerprint density at radius 2 is 2.00 bits per heavy atom. The summed E-state index contributed by atoms with van der Waals surface area (Å²) in [6, 6.07) is 4.39. The lowest BCUT2D eigenvalue weighted by atomic mass is 10.3. The Labute approximate surface area is 126 Å². The predicted octanol–water partition coefficient (Wildman–Crippen LogP) is 3.20. The number of hydrogen-bond acceptors (Lipinski definition) is 6. The maximum Gasteiger partial charge on any atom is 0.322 e. The standard InChI is InChI=1S/C13H14ClFN4O2/c1-7(2)21-13-18-11(14)17-12(19-13)16-8-4-5-9(15)10(6-8)20-3/h4-7H,1-3H3,(H,16,17,18,19). The molecule has 1 aromatic carbocycles. The van der Waals surface area contributed by atoms with Crippen molar-refractivity contribution in [2.45, 2.75) is 20.0 Å². The Morgan fingerprint density at radius 3 is 2.67 bits per heavy atom. The molecule has 1 aromatic heterocycles. The molecule has 0 aliphatic rings. The molecule has 1 heterocycles. The van der Waals surface area contributed by atoms with E-state index in [1.807, 2.05) is 13.8 Å². The second-order valence-corrected chi connectivity index (χ2v) is 4.69. The number of methoxy groups -OCH3 is 1. The molecule has 21 heavy (non-hydrogen) atoms. The number of aromatic nitrogens is 3. The molecule has 112 valence electrons. The first-order valence-corrected chi connectivity index (χ1v) is 6.54. The Bertz CT molecular complexity index is 640. The second-order valence-electron chi connectivity index (χ2n) is 4.35. The lowest BCUT2D eigenvalue weighted by molar-refractivity contribution is 0.222. The zero-order chi connectivity index (χ0) is 15.4. The monoisotopic (exact) mass is 312 g/mol. The van der Waals surface area contributed by atoms with Crippen molar-refractivity contribution >= 4 is 23.2 Å². The molecule has 0 saturated carbocycles. The van der Waals surface area contributed by atoms with Crippen LogP contribution in [0.15, 0.2) is 18.2 Å². The summed E-state index contributed by atoms with van der Waals surface area (Å²) in [6.45, 7) is 3.69. The average molecular weight is 313 g/mol. The molecule has 0 unspecified atom stereocenters. The van der Waals surface area contributed by atoms with Crippen molar-refractivity contribution in [3.63, 3.8) is 0 Å². The van der Waals surface area contributed by atoms with Crippen LogP contribution in [0.25, 0.3) is 0 Å². The van der Waals surface area contributed by atoms with Gasteiger partial charge in [0.05, 0.1) is 13.2 Å². The van der Waals surface area contributed by atoms with Crippen LogP contribution in [-0.2, 0) is 0 Å². The highest BCUT2D eigenvalue weighted by Crippen LogP contribution is 2.24. The third kappa shape index (κ3) is 4.16. The van der Waals surface area contributed by atoms with Crippen molar-refractivity contribution in [2.75, 3.05) is 12.4 Å². The molecule has 6 nitrogen and oxygen atoms in total. The van der Waals surface area contributed by atoms with E-state index in [0.29, 0.717) is 5.69 Å². The van der Waals surface area contributed by atoms with Gasteiger partial charge in [0.2, 0.25) is 11.2 Å². The Balaban J connectivity index is 2.24. The number of hydrogen-bond donors (Lipinski definition) is 1. The first-order valence-electron chi connectivity index (χ1n) is 6.16. The summed E-state index contributed by atoms with van der Waals surface area (Å²) >= 11 is 5.82. The van der Waals surface area contributed by atoms with Crippen LogP contribution >= 0.6 is 11.6 Å². The Morgan fingerprint density at radius 1 is 1.24 bits per heavy atom. The largest absolute Gasteiger partial charge is 0.494 e. The van der Waals surface area contributed by atoms with E-state index in [4.69, 9.17) is 21.1 Å². The van der Waals surface area contributed by atoms with Crippen molar-refractivity contribution in [1.82, 2.24) is 15.0 Å². The molecule has 1 N–H and O–H groups in total. The van der Waals surface area contributed by atoms with Crippen LogP contribution in [0.3, 0.4) is 0 Å². The van der Waals surface area contributed by atoms with E-state index in [1.165, 1.54) is 25.3 Å². The lowest BCUT2D eigenvalue weighted by Gasteiger charge is -2.10. The summed E-state index contributed by atoms with van der Waals surface area (Å²) in [7, 11) is 1.39. The topological polar surface area (TPSA) is 69.2 Å². The molecular weight excluding hydrogens is 299 g/mol. The normalized spacial score (nSPS) is 10.6. The fraction of sp³-hybridized carbons (Fsp3) is 0.308. The third-order valence-corrected chi connectivity index (χ3v) is 2.51. The van der Waals surface area contributed by atoms with E-state index in [1.54, 1.807) is 0 Å². The Hall–Kier alpha value is -2.15. The van der Waals surface area contributed by atoms with Gasteiger partial charge >= 0.3 is 6.01 Å². The van der Waals surface area contributed by atoms with Crippen LogP contribution in [-0.4, -0.2) is 28.2 Å². The predicted molar refractivity (Wildman–Crippen MR) is 76.8 cm³/mol. The molecule has 2 aromatic rings. The number of benzene rings is 1. The minimum Gasteiger partial charge on any atom is -0.494 e. The number of anilines is 2. The molecule has 0 aliphatic heterocycles. The number of nitrogens with zero attached hydrogens (tertiary/aromatic N) is 3. The first-order chi connectivity index (χ1) is 9.97. The SMILES string of the molecule is COc1cc(Nc2nc(Cl)nc(OC(C)C)n2)ccc1F. The molecule has 0 amide bonds. The van der Waals surface area contributed by atoms with Crippen LogP contribution in [0, 0.1) is 5.82 Å². The minimum absolute atomic E-state index is 0.00257. The highest BCUT2D eigenvalue weighted by atomic mass is 35.5. The van der Waals surface area contributed by atoms with Gasteiger partial charge in [0.1, 0.15) is 0 Å². The number of halogens is 2. The fourth-order valence-corrected chi connectivity index (χ4v) is 1.67. The molecule has 0 atom stereocenters. The smallest absolute Gasteiger partial charge is 0.322 e. The second kappa shape index (κ2) is 6.53. The molecule has 0 radical (unpaired) electrons. The average Bonchev–Trinajstić information content (AvgIpc) is 2.39. The van der Waals surface area contributed by atoms with Crippen LogP contribution in [0.2, 0.25) is 5.28 Å². The van der Waals surface area contributed by atoms with Gasteiger partial charge in [0.15, 0.2) is 11.6 Å². The van der Waals surface area contributed by atoms with E-state index in [2.05, 4.69) is 20.3 Å². The molecule has 0 spiro atoms. The van der Waals surface area contributed by atoms with Crippen LogP contribution < -0.4 is 14.8 Å². The van der Waals surface area contributed by atoms with Crippen LogP contribution in [0.4, 0.5) is 16.0 Å². The van der Waals surface area contributed by atoms with E-state index >= 15 is 0 Å². The molecule has 2 rings (SSSR count). The van der Waals surface area contributed by atoms with Crippen molar-refractivity contribution in [1.29, 1.82) is 0 Å². The van der Waals surface area contributed by atoms with Gasteiger partial charge in [-0.1, -0.05) is 0 Å². The number of ether oxygens (including phenoxy) is 2. The van der Waals surface area contributed by atoms with Gasteiger partial charge in [-0.15, -0.1) is 0 Å². The van der Waals surface area contributed by atoms with Gasteiger partial charge in [0, 0.05) is 11.8 Å². The number of rotatable bonds is 5. The van der Waals surface area contributed by atoms with Gasteiger partial charge in [-0.05, 0) is 37.6 Å². The van der Waals surface area contributed by atoms with E-state index in [-0.39, 0.29) is 29.1 Å². The first kappa shape index (κ1) is 15.2. The molecule has 8 heteroatoms. The van der Waals surface area contributed by atoms with E-state index in [0.717, 1.165) is 0 Å². The molecule has 0 aliphatic carbocycles. The van der Waals surface area contributed by atoms with Crippen molar-refractivity contribution in [3.8, 4) is 11.8 Å². The highest BCUT2D eigenvalue weighted by molar-refractivity contribution is 6.28. The van der Waals surface area contributed by atoms with Crippen molar-refractivity contribution < 1.29 is 13.9 Å². The van der Waals surface area contributed by atoms with Gasteiger partial charge in [-0.2, -0.15) is 15.0 Å². The minimum atomic E-state index is -0.458. The maximum atomic E-state index is 13.3. The Kier molecular flexibility index (Phi) is 4.74. The van der Waals surface area contributed by atoms with Gasteiger partial charge in [0.25, 0.3) is 0 Å². The highest BCUT2D eigenvalue weighted by Gasteiger charge is 2.09. The summed E-state index contributed by atoms with van der Waals surface area (Å²) in [5.41, 5.74) is 0.547. The lowest BCUT2D eigenvalue weighted by Crippen LogP contribution is -2.10. The van der Waals surface area contributed by atoms with Crippen molar-refractivity contribution in [2.24, 2.45) is 0 Å². The van der Waals surface area contributed by atoms with Crippen molar-refractivity contribution in [3.05, 3.63) is 29.3 Å². The zero-order valence-corrected chi connectivity index (χ0v) is 12.5. The quantitative estimate of drug-likeness (QED) is 0.914. The fourth-order valence-electron chi connectivity index (χ4n) is 1.52. The molecular formula is C13H14ClFN4O2. The summed E-state index contributed by atoms with van der Waals surface area (Å²) in [4.78, 5) is 11.9. The maximum absolute atomic E-state index is 13.3. The summed E-state index contributed by atoms with van der Waals surface area (Å²) < 4.78 is 23.6. The third-order valence-electron chi connectivity index (χ3n) is 2.34. The van der Waals surface area contributed by atoms with Gasteiger partial charge < -0.3 is 14.8 Å². The molecule has 0 bridgehead atoms. The van der Waals surface area contributed by atoms with Gasteiger partial charge in [-0.25, -0.2) is 4.39 Å². The van der Waals surface area contributed by atoms with Crippen LogP contribution in [0.5, 0.6) is 11.8 Å². The number of nitrogens with one attached hydrogen (secondary N) is 1. The molecule has 0 saturated heterocycles. The van der Waals surface area contributed by atoms with Gasteiger partial charge in [-0.3, -0.25) is 0 Å². The summed E-state index contributed by atoms with van der Waals surface area (Å²) in [6.07, 6.45) is -0.0952. The summed E-state index contributed by atoms with van der Waals surface area (Å²) in [5.74, 6) is -0.154. The zero-order valence-electron chi connectivity index (χ0n) is 11.7. The molecule has 0 fully saturated rings. The van der Waals surface area contributed by atoms with Crippen LogP contribution in [0.1, 0.15) is 13.8 Å².